The topological polar surface area (TPSA) is 29.9 Å². The second-order valence-corrected chi connectivity index (χ2v) is 5.69. The molecule has 0 aromatic carbocycles. The highest BCUT2D eigenvalue weighted by molar-refractivity contribution is 5.17. The Morgan fingerprint density at radius 2 is 2.44 bits per heavy atom. The van der Waals surface area contributed by atoms with Crippen molar-refractivity contribution in [1.82, 2.24) is 14.9 Å². The lowest BCUT2D eigenvalue weighted by molar-refractivity contribution is 0.461. The molecule has 0 radical (unpaired) electrons. The first kappa shape index (κ1) is 10.3. The monoisotopic (exact) mass is 219 g/mol. The first-order valence-corrected chi connectivity index (χ1v) is 6.49. The van der Waals surface area contributed by atoms with Gasteiger partial charge in [-0.05, 0) is 25.3 Å². The molecule has 3 nitrogen and oxygen atoms in total. The molecule has 16 heavy (non-hydrogen) atoms. The summed E-state index contributed by atoms with van der Waals surface area (Å²) in [6.45, 7) is 5.76. The molecule has 1 saturated heterocycles. The minimum atomic E-state index is 0.306. The molecule has 3 heteroatoms. The highest BCUT2D eigenvalue weighted by Gasteiger charge is 2.33. The van der Waals surface area contributed by atoms with E-state index in [1.165, 1.54) is 31.4 Å². The van der Waals surface area contributed by atoms with Crippen LogP contribution in [-0.4, -0.2) is 22.6 Å². The normalized spacial score (nSPS) is 29.8. The smallest absolute Gasteiger partial charge is 0.0948 e. The third kappa shape index (κ3) is 1.88. The molecule has 2 fully saturated rings. The van der Waals surface area contributed by atoms with Crippen molar-refractivity contribution in [2.75, 3.05) is 13.1 Å². The average molecular weight is 219 g/mol. The summed E-state index contributed by atoms with van der Waals surface area (Å²) in [5, 5.41) is 3.46. The third-order valence-electron chi connectivity index (χ3n) is 4.17. The summed E-state index contributed by atoms with van der Waals surface area (Å²) in [7, 11) is 0. The van der Waals surface area contributed by atoms with Gasteiger partial charge in [-0.2, -0.15) is 0 Å². The fraction of sp³-hybridized carbons (Fsp3) is 0.769. The highest BCUT2D eigenvalue weighted by Crippen LogP contribution is 2.34. The van der Waals surface area contributed by atoms with Crippen molar-refractivity contribution in [3.8, 4) is 0 Å². The van der Waals surface area contributed by atoms with Gasteiger partial charge in [0.25, 0.3) is 0 Å². The van der Waals surface area contributed by atoms with Crippen LogP contribution in [-0.2, 0) is 12.0 Å². The molecular formula is C13H21N3. The molecular weight excluding hydrogens is 198 g/mol. The van der Waals surface area contributed by atoms with Gasteiger partial charge in [-0.15, -0.1) is 0 Å². The van der Waals surface area contributed by atoms with Crippen molar-refractivity contribution >= 4 is 0 Å². The van der Waals surface area contributed by atoms with E-state index < -0.39 is 0 Å². The van der Waals surface area contributed by atoms with Crippen molar-refractivity contribution < 1.29 is 0 Å². The highest BCUT2D eigenvalue weighted by atomic mass is 15.1. The summed E-state index contributed by atoms with van der Waals surface area (Å²) in [5.41, 5.74) is 1.73. The molecule has 1 atom stereocenters. The summed E-state index contributed by atoms with van der Waals surface area (Å²) in [6.07, 6.45) is 9.56. The van der Waals surface area contributed by atoms with Crippen molar-refractivity contribution in [3.05, 3.63) is 18.2 Å². The Kier molecular flexibility index (Phi) is 2.51. The van der Waals surface area contributed by atoms with Gasteiger partial charge in [-0.25, -0.2) is 4.98 Å². The second kappa shape index (κ2) is 3.88. The lowest BCUT2D eigenvalue weighted by atomic mass is 9.86. The van der Waals surface area contributed by atoms with Crippen LogP contribution in [0.5, 0.6) is 0 Å². The maximum absolute atomic E-state index is 4.35. The Morgan fingerprint density at radius 3 is 3.12 bits per heavy atom. The first-order valence-electron chi connectivity index (χ1n) is 6.49. The van der Waals surface area contributed by atoms with E-state index in [1.54, 1.807) is 0 Å². The molecule has 3 rings (SSSR count). The van der Waals surface area contributed by atoms with Crippen LogP contribution in [0.3, 0.4) is 0 Å². The van der Waals surface area contributed by atoms with Crippen LogP contribution in [0.15, 0.2) is 12.5 Å². The van der Waals surface area contributed by atoms with Gasteiger partial charge in [0, 0.05) is 30.4 Å². The number of nitrogens with zero attached hydrogens (tertiary/aromatic N) is 2. The number of aromatic nitrogens is 2. The van der Waals surface area contributed by atoms with Crippen LogP contribution in [0, 0.1) is 5.92 Å². The third-order valence-corrected chi connectivity index (χ3v) is 4.17. The van der Waals surface area contributed by atoms with Crippen LogP contribution < -0.4 is 5.32 Å². The molecule has 1 aliphatic heterocycles. The Bertz CT molecular complexity index is 359. The Balaban J connectivity index is 1.75. The van der Waals surface area contributed by atoms with E-state index in [0.717, 1.165) is 25.6 Å². The zero-order valence-corrected chi connectivity index (χ0v) is 10.1. The largest absolute Gasteiger partial charge is 0.334 e. The van der Waals surface area contributed by atoms with Crippen LogP contribution in [0.2, 0.25) is 0 Å². The lowest BCUT2D eigenvalue weighted by Crippen LogP contribution is -2.28. The van der Waals surface area contributed by atoms with Gasteiger partial charge in [-0.3, -0.25) is 0 Å². The molecule has 1 aromatic heterocycles. The van der Waals surface area contributed by atoms with Gasteiger partial charge in [0.05, 0.1) is 6.33 Å². The Labute approximate surface area is 97.3 Å². The van der Waals surface area contributed by atoms with Gasteiger partial charge in [-0.1, -0.05) is 19.8 Å². The van der Waals surface area contributed by atoms with E-state index >= 15 is 0 Å². The van der Waals surface area contributed by atoms with Crippen LogP contribution in [0.4, 0.5) is 0 Å². The van der Waals surface area contributed by atoms with Crippen LogP contribution >= 0.6 is 0 Å². The predicted octanol–water partition coefficient (Wildman–Crippen LogP) is 1.93. The molecule has 1 aliphatic carbocycles. The van der Waals surface area contributed by atoms with E-state index in [1.807, 2.05) is 6.33 Å². The van der Waals surface area contributed by atoms with Gasteiger partial charge in [0.2, 0.25) is 0 Å². The van der Waals surface area contributed by atoms with Gasteiger partial charge < -0.3 is 9.88 Å². The number of imidazole rings is 1. The summed E-state index contributed by atoms with van der Waals surface area (Å²) in [5.74, 6) is 1.00. The fourth-order valence-corrected chi connectivity index (χ4v) is 2.77. The maximum atomic E-state index is 4.35. The number of aryl methyl sites for hydroxylation is 1. The molecule has 88 valence electrons. The van der Waals surface area contributed by atoms with Gasteiger partial charge >= 0.3 is 0 Å². The summed E-state index contributed by atoms with van der Waals surface area (Å²) >= 11 is 0. The maximum Gasteiger partial charge on any atom is 0.0948 e. The lowest BCUT2D eigenvalue weighted by Gasteiger charge is -2.24. The van der Waals surface area contributed by atoms with Gasteiger partial charge in [0.1, 0.15) is 0 Å². The predicted molar refractivity (Wildman–Crippen MR) is 64.4 cm³/mol. The van der Waals surface area contributed by atoms with E-state index in [2.05, 4.69) is 28.0 Å². The molecule has 0 bridgehead atoms. The molecule has 0 amide bonds. The molecule has 1 aromatic rings. The SMILES string of the molecule is CC1(c2cncn2CCC2CC2)CCNC1. The number of nitrogens with one attached hydrogen (secondary N) is 1. The van der Waals surface area contributed by atoms with E-state index in [9.17, 15) is 0 Å². The summed E-state index contributed by atoms with van der Waals surface area (Å²) in [6, 6.07) is 0. The Morgan fingerprint density at radius 1 is 1.56 bits per heavy atom. The Hall–Kier alpha value is -0.830. The first-order chi connectivity index (χ1) is 7.78. The van der Waals surface area contributed by atoms with E-state index in [0.29, 0.717) is 5.41 Å². The standard InChI is InChI=1S/C13H21N3/c1-13(5-6-14-9-13)12-8-15-10-16(12)7-4-11-2-3-11/h8,10-11,14H,2-7,9H2,1H3. The molecule has 0 spiro atoms. The van der Waals surface area contributed by atoms with Crippen molar-refractivity contribution in [2.24, 2.45) is 5.92 Å². The van der Waals surface area contributed by atoms with Crippen LogP contribution in [0.25, 0.3) is 0 Å². The van der Waals surface area contributed by atoms with Crippen molar-refractivity contribution in [2.45, 2.75) is 44.6 Å². The summed E-state index contributed by atoms with van der Waals surface area (Å²) in [4.78, 5) is 4.35. The zero-order valence-electron chi connectivity index (χ0n) is 10.1. The quantitative estimate of drug-likeness (QED) is 0.838. The minimum Gasteiger partial charge on any atom is -0.334 e. The van der Waals surface area contributed by atoms with Crippen molar-refractivity contribution in [3.63, 3.8) is 0 Å². The molecule has 1 N–H and O–H groups in total. The van der Waals surface area contributed by atoms with Crippen LogP contribution in [0.1, 0.15) is 38.3 Å². The molecule has 2 aliphatic rings. The fourth-order valence-electron chi connectivity index (χ4n) is 2.77. The summed E-state index contributed by atoms with van der Waals surface area (Å²) < 4.78 is 2.38. The molecule has 1 unspecified atom stereocenters. The zero-order chi connectivity index (χ0) is 11.0. The number of hydrogen-bond donors (Lipinski definition) is 1. The number of rotatable bonds is 4. The van der Waals surface area contributed by atoms with E-state index in [4.69, 9.17) is 0 Å². The second-order valence-electron chi connectivity index (χ2n) is 5.69. The average Bonchev–Trinajstić information content (AvgIpc) is 2.79. The number of hydrogen-bond acceptors (Lipinski definition) is 2. The van der Waals surface area contributed by atoms with Gasteiger partial charge in [0.15, 0.2) is 0 Å². The van der Waals surface area contributed by atoms with Crippen molar-refractivity contribution in [1.29, 1.82) is 0 Å². The minimum absolute atomic E-state index is 0.306. The molecule has 2 heterocycles. The van der Waals surface area contributed by atoms with E-state index in [-0.39, 0.29) is 0 Å². The molecule has 1 saturated carbocycles.